The molecule has 2 nitrogen and oxygen atoms in total. The largest absolute Gasteiger partial charge is 0.400 e. The third-order valence-corrected chi connectivity index (χ3v) is 7.70. The molecule has 0 aliphatic heterocycles. The molecule has 82 valence electrons. The molecule has 0 N–H and O–H groups in total. The fourth-order valence-electron chi connectivity index (χ4n) is 1.49. The van der Waals surface area contributed by atoms with Gasteiger partial charge in [-0.3, -0.25) is 0 Å². The molecule has 0 aromatic heterocycles. The van der Waals surface area contributed by atoms with Crippen molar-refractivity contribution in [3.63, 3.8) is 0 Å². The van der Waals surface area contributed by atoms with Crippen molar-refractivity contribution in [3.05, 3.63) is 0 Å². The molecule has 0 saturated heterocycles. The van der Waals surface area contributed by atoms with Crippen molar-refractivity contribution in [2.75, 3.05) is 0 Å². The summed E-state index contributed by atoms with van der Waals surface area (Å²) in [6, 6.07) is 5.31. The average Bonchev–Trinajstić information content (AvgIpc) is 2.20. The Hall–Kier alpha value is -0.0431. The second-order valence-electron chi connectivity index (χ2n) is 3.59. The van der Waals surface area contributed by atoms with E-state index in [2.05, 4.69) is 26.8 Å². The van der Waals surface area contributed by atoms with Crippen LogP contribution in [0.15, 0.2) is 0 Å². The van der Waals surface area contributed by atoms with E-state index in [4.69, 9.17) is 21.3 Å². The molecule has 0 saturated carbocycles. The fourth-order valence-corrected chi connectivity index (χ4v) is 4.48. The van der Waals surface area contributed by atoms with E-state index in [9.17, 15) is 0 Å². The van der Waals surface area contributed by atoms with Crippen LogP contribution in [0.5, 0.6) is 0 Å². The maximum atomic E-state index is 8.91. The number of alkyl halides is 1. The van der Waals surface area contributed by atoms with E-state index in [1.165, 1.54) is 0 Å². The summed E-state index contributed by atoms with van der Waals surface area (Å²) in [5.74, 6) is 0. The van der Waals surface area contributed by atoms with Crippen molar-refractivity contribution in [1.82, 2.24) is 0 Å². The second-order valence-corrected chi connectivity index (χ2v) is 9.00. The van der Waals surface area contributed by atoms with Crippen LogP contribution in [0.25, 0.3) is 0 Å². The van der Waals surface area contributed by atoms with E-state index in [0.29, 0.717) is 0 Å². The van der Waals surface area contributed by atoms with E-state index in [0.717, 1.165) is 18.1 Å². The van der Waals surface area contributed by atoms with Gasteiger partial charge in [0.25, 0.3) is 0 Å². The molecule has 0 heterocycles. The molecule has 0 aliphatic carbocycles. The molecule has 14 heavy (non-hydrogen) atoms. The van der Waals surface area contributed by atoms with E-state index in [1.54, 1.807) is 0 Å². The summed E-state index contributed by atoms with van der Waals surface area (Å²) in [7, 11) is -1.67. The molecule has 0 radical (unpaired) electrons. The molecule has 4 heteroatoms. The quantitative estimate of drug-likeness (QED) is 0.520. The highest BCUT2D eigenvalue weighted by atomic mass is 35.5. The van der Waals surface area contributed by atoms with Crippen LogP contribution < -0.4 is 0 Å². The van der Waals surface area contributed by atoms with Crippen molar-refractivity contribution >= 4 is 19.9 Å². The number of nitrogens with zero attached hydrogens (tertiary/aromatic N) is 1. The van der Waals surface area contributed by atoms with Crippen LogP contribution in [-0.2, 0) is 4.43 Å². The molecule has 1 unspecified atom stereocenters. The molecule has 0 spiro atoms. The Kier molecular flexibility index (Phi) is 6.42. The number of halogens is 1. The lowest BCUT2D eigenvalue weighted by molar-refractivity contribution is 0.238. The molecule has 2 atom stereocenters. The third-order valence-electron chi connectivity index (χ3n) is 2.85. The van der Waals surface area contributed by atoms with Crippen LogP contribution in [0.4, 0.5) is 0 Å². The summed E-state index contributed by atoms with van der Waals surface area (Å²) in [6.07, 6.45) is -0.441. The van der Waals surface area contributed by atoms with Gasteiger partial charge in [-0.15, -0.1) is 11.6 Å². The Balaban J connectivity index is 4.50. The molecular weight excluding hydrogens is 214 g/mol. The maximum absolute atomic E-state index is 8.91. The number of nitriles is 1. The normalized spacial score (nSPS) is 16.0. The first-order valence-corrected chi connectivity index (χ1v) is 8.23. The van der Waals surface area contributed by atoms with Crippen LogP contribution in [0, 0.1) is 11.3 Å². The maximum Gasteiger partial charge on any atom is 0.193 e. The summed E-state index contributed by atoms with van der Waals surface area (Å²) in [6.45, 7) is 8.25. The van der Waals surface area contributed by atoms with Crippen molar-refractivity contribution in [3.8, 4) is 6.07 Å². The summed E-state index contributed by atoms with van der Waals surface area (Å²) < 4.78 is 5.94. The van der Waals surface area contributed by atoms with Gasteiger partial charge in [-0.2, -0.15) is 5.26 Å². The highest BCUT2D eigenvalue weighted by Gasteiger charge is 2.33. The summed E-state index contributed by atoms with van der Waals surface area (Å²) in [5.41, 5.74) is 0. The van der Waals surface area contributed by atoms with Gasteiger partial charge in [-0.25, -0.2) is 0 Å². The van der Waals surface area contributed by atoms with Crippen LogP contribution in [0.3, 0.4) is 0 Å². The monoisotopic (exact) mass is 233 g/mol. The molecule has 0 rings (SSSR count). The minimum Gasteiger partial charge on any atom is -0.400 e. The number of hydrogen-bond donors (Lipinski definition) is 0. The molecule has 0 aromatic carbocycles. The molecule has 0 fully saturated rings. The average molecular weight is 234 g/mol. The van der Waals surface area contributed by atoms with Gasteiger partial charge in [0.2, 0.25) is 0 Å². The van der Waals surface area contributed by atoms with Gasteiger partial charge in [0, 0.05) is 0 Å². The van der Waals surface area contributed by atoms with Gasteiger partial charge in [0.1, 0.15) is 6.10 Å². The highest BCUT2D eigenvalue weighted by Crippen LogP contribution is 2.25. The predicted molar refractivity (Wildman–Crippen MR) is 63.0 cm³/mol. The van der Waals surface area contributed by atoms with Crippen molar-refractivity contribution in [2.24, 2.45) is 0 Å². The van der Waals surface area contributed by atoms with Crippen LogP contribution in [-0.4, -0.2) is 19.8 Å². The number of hydrogen-bond acceptors (Lipinski definition) is 2. The van der Waals surface area contributed by atoms with Gasteiger partial charge in [-0.1, -0.05) is 20.8 Å². The molecule has 0 aromatic rings. The van der Waals surface area contributed by atoms with Gasteiger partial charge < -0.3 is 4.43 Å². The Labute approximate surface area is 93.3 Å². The minimum atomic E-state index is -1.67. The van der Waals surface area contributed by atoms with Crippen molar-refractivity contribution < 1.29 is 4.43 Å². The lowest BCUT2D eigenvalue weighted by atomic mass is 10.3. The van der Waals surface area contributed by atoms with Gasteiger partial charge in [0.05, 0.1) is 11.4 Å². The van der Waals surface area contributed by atoms with E-state index >= 15 is 0 Å². The van der Waals surface area contributed by atoms with Gasteiger partial charge in [-0.05, 0) is 25.1 Å². The van der Waals surface area contributed by atoms with Crippen LogP contribution in [0.1, 0.15) is 27.7 Å². The molecule has 0 bridgehead atoms. The lowest BCUT2D eigenvalue weighted by Gasteiger charge is -2.31. The van der Waals surface area contributed by atoms with Crippen LogP contribution >= 0.6 is 11.6 Å². The predicted octanol–water partition coefficient (Wildman–Crippen LogP) is 3.53. The highest BCUT2D eigenvalue weighted by molar-refractivity contribution is 6.73. The van der Waals surface area contributed by atoms with Crippen molar-refractivity contribution in [2.45, 2.75) is 57.3 Å². The van der Waals surface area contributed by atoms with E-state index in [1.807, 2.05) is 6.92 Å². The van der Waals surface area contributed by atoms with E-state index in [-0.39, 0.29) is 5.38 Å². The van der Waals surface area contributed by atoms with E-state index < -0.39 is 14.4 Å². The zero-order valence-electron chi connectivity index (χ0n) is 9.51. The first-order valence-electron chi connectivity index (χ1n) is 5.26. The first kappa shape index (κ1) is 14.0. The Morgan fingerprint density at radius 2 is 1.71 bits per heavy atom. The number of rotatable bonds is 6. The smallest absolute Gasteiger partial charge is 0.193 e. The van der Waals surface area contributed by atoms with Gasteiger partial charge in [0.15, 0.2) is 8.32 Å². The molecule has 0 amide bonds. The van der Waals surface area contributed by atoms with Gasteiger partial charge >= 0.3 is 0 Å². The fraction of sp³-hybridized carbons (Fsp3) is 0.900. The molecule has 0 aliphatic rings. The molecular formula is C10H20ClNOSi. The Bertz CT molecular complexity index is 191. The van der Waals surface area contributed by atoms with Crippen molar-refractivity contribution in [1.29, 1.82) is 5.26 Å². The Morgan fingerprint density at radius 1 is 1.29 bits per heavy atom. The zero-order valence-corrected chi connectivity index (χ0v) is 11.3. The first-order chi connectivity index (χ1) is 6.55. The van der Waals surface area contributed by atoms with Crippen LogP contribution in [0.2, 0.25) is 18.1 Å². The second kappa shape index (κ2) is 6.44. The Morgan fingerprint density at radius 3 is 1.93 bits per heavy atom. The SMILES string of the molecule is CC[Si](CC)(CC)OC(C#N)[C@@H](C)Cl. The third kappa shape index (κ3) is 3.60. The summed E-state index contributed by atoms with van der Waals surface area (Å²) in [5, 5.41) is 8.68. The zero-order chi connectivity index (χ0) is 11.2. The summed E-state index contributed by atoms with van der Waals surface area (Å²) in [4.78, 5) is 0. The minimum absolute atomic E-state index is 0.225. The standard InChI is InChI=1S/C10H20ClNOSi/c1-5-14(6-2,7-3)13-10(8-12)9(4)11/h9-10H,5-7H2,1-4H3/t9-,10?/m1/s1. The topological polar surface area (TPSA) is 33.0 Å². The lowest BCUT2D eigenvalue weighted by Crippen LogP contribution is -2.41. The summed E-state index contributed by atoms with van der Waals surface area (Å²) >= 11 is 5.90.